The van der Waals surface area contributed by atoms with Gasteiger partial charge in [-0.1, -0.05) is 158 Å². The Balaban J connectivity index is 0.969. The van der Waals surface area contributed by atoms with Crippen molar-refractivity contribution < 1.29 is 4.74 Å². The van der Waals surface area contributed by atoms with Gasteiger partial charge in [0.1, 0.15) is 17.3 Å². The molecule has 6 aliphatic rings. The molecule has 0 saturated heterocycles. The molecule has 4 saturated carbocycles. The number of hydrogen-bond donors (Lipinski definition) is 0. The Morgan fingerprint density at radius 2 is 0.967 bits per heavy atom. The van der Waals surface area contributed by atoms with Crippen LogP contribution in [0.3, 0.4) is 0 Å². The van der Waals surface area contributed by atoms with Crippen LogP contribution in [0.4, 0.5) is 0 Å². The normalized spacial score (nSPS) is 22.1. The molecular formula is C57H45N3O. The maximum atomic E-state index is 6.95. The van der Waals surface area contributed by atoms with Crippen molar-refractivity contribution in [3.05, 3.63) is 198 Å². The first-order valence-corrected chi connectivity index (χ1v) is 22.3. The third-order valence-corrected chi connectivity index (χ3v) is 15.1. The Hall–Kier alpha value is -6.65. The first kappa shape index (κ1) is 35.1. The fraction of sp³-hybridized carbons (Fsp3) is 0.211. The molecule has 8 aromatic rings. The van der Waals surface area contributed by atoms with Crippen LogP contribution in [0.15, 0.2) is 170 Å². The molecule has 61 heavy (non-hydrogen) atoms. The average Bonchev–Trinajstić information content (AvgIpc) is 3.89. The molecule has 5 aliphatic carbocycles. The summed E-state index contributed by atoms with van der Waals surface area (Å²) in [5.41, 5.74) is 13.5. The predicted octanol–water partition coefficient (Wildman–Crippen LogP) is 13.9. The zero-order valence-corrected chi connectivity index (χ0v) is 34.1. The Morgan fingerprint density at radius 1 is 0.410 bits per heavy atom. The summed E-state index contributed by atoms with van der Waals surface area (Å²) in [6, 6.07) is 61.3. The van der Waals surface area contributed by atoms with Crippen LogP contribution in [-0.2, 0) is 10.8 Å². The summed E-state index contributed by atoms with van der Waals surface area (Å²) < 4.78 is 6.95. The van der Waals surface area contributed by atoms with Gasteiger partial charge in [-0.2, -0.15) is 0 Å². The van der Waals surface area contributed by atoms with Crippen molar-refractivity contribution in [3.63, 3.8) is 0 Å². The molecule has 7 aromatic carbocycles. The molecule has 4 nitrogen and oxygen atoms in total. The van der Waals surface area contributed by atoms with Crippen LogP contribution in [0, 0.1) is 17.8 Å². The molecule has 1 aromatic heterocycles. The summed E-state index contributed by atoms with van der Waals surface area (Å²) in [6.07, 6.45) is 8.93. The number of benzene rings is 7. The molecule has 294 valence electrons. The maximum Gasteiger partial charge on any atom is 0.164 e. The highest BCUT2D eigenvalue weighted by molar-refractivity contribution is 5.90. The summed E-state index contributed by atoms with van der Waals surface area (Å²) >= 11 is 0. The number of rotatable bonds is 5. The monoisotopic (exact) mass is 787 g/mol. The van der Waals surface area contributed by atoms with E-state index in [2.05, 4.69) is 170 Å². The standard InChI is InChI=1S/C57H45N3O/c1-2-12-39(13-3-1)40-22-24-41(25-23-40)53-58-54(60-55(59-53)56-29-28-36(34-56)30-37-31-38(32-37)35-56)46-17-5-4-14-43(46)42-26-27-50-52(33-42)61-51-21-11-10-20-49(51)57(50)47-18-8-6-15-44(47)45-16-7-9-19-48(45)57/h1-27,33,36-38H,28-32,34-35H2. The number of aromatic nitrogens is 3. The molecule has 2 unspecified atom stereocenters. The molecule has 2 atom stereocenters. The Kier molecular flexibility index (Phi) is 7.73. The molecule has 1 spiro atoms. The van der Waals surface area contributed by atoms with Crippen LogP contribution in [0.5, 0.6) is 11.5 Å². The minimum absolute atomic E-state index is 0.0126. The van der Waals surface area contributed by atoms with Gasteiger partial charge in [0, 0.05) is 27.7 Å². The fourth-order valence-electron chi connectivity index (χ4n) is 12.4. The van der Waals surface area contributed by atoms with E-state index in [1.54, 1.807) is 0 Å². The van der Waals surface area contributed by atoms with Gasteiger partial charge in [0.05, 0.1) is 5.41 Å². The zero-order chi connectivity index (χ0) is 40.1. The van der Waals surface area contributed by atoms with E-state index in [-0.39, 0.29) is 5.41 Å². The number of nitrogens with zero attached hydrogens (tertiary/aromatic N) is 3. The van der Waals surface area contributed by atoms with Gasteiger partial charge in [-0.15, -0.1) is 0 Å². The lowest BCUT2D eigenvalue weighted by atomic mass is 9.61. The number of para-hydroxylation sites is 1. The van der Waals surface area contributed by atoms with Crippen LogP contribution < -0.4 is 4.74 Å². The third-order valence-electron chi connectivity index (χ3n) is 15.1. The molecule has 0 amide bonds. The minimum atomic E-state index is -0.500. The maximum absolute atomic E-state index is 6.95. The van der Waals surface area contributed by atoms with E-state index >= 15 is 0 Å². The second-order valence-electron chi connectivity index (χ2n) is 18.5. The Bertz CT molecular complexity index is 2980. The predicted molar refractivity (Wildman–Crippen MR) is 243 cm³/mol. The van der Waals surface area contributed by atoms with Gasteiger partial charge in [0.2, 0.25) is 0 Å². The van der Waals surface area contributed by atoms with Crippen LogP contribution >= 0.6 is 0 Å². The number of fused-ring (bicyclic) bond motifs is 9. The van der Waals surface area contributed by atoms with Gasteiger partial charge in [-0.05, 0) is 119 Å². The Morgan fingerprint density at radius 3 is 1.74 bits per heavy atom. The summed E-state index contributed by atoms with van der Waals surface area (Å²) in [5.74, 6) is 6.71. The van der Waals surface area contributed by atoms with E-state index in [0.29, 0.717) is 0 Å². The number of ether oxygens (including phenoxy) is 1. The number of hydrogen-bond acceptors (Lipinski definition) is 4. The first-order valence-electron chi connectivity index (χ1n) is 22.3. The smallest absolute Gasteiger partial charge is 0.164 e. The topological polar surface area (TPSA) is 47.9 Å². The highest BCUT2D eigenvalue weighted by Crippen LogP contribution is 2.62. The highest BCUT2D eigenvalue weighted by Gasteiger charge is 2.52. The van der Waals surface area contributed by atoms with Gasteiger partial charge in [-0.25, -0.2) is 15.0 Å². The van der Waals surface area contributed by atoms with Gasteiger partial charge in [-0.3, -0.25) is 0 Å². The van der Waals surface area contributed by atoms with E-state index in [0.717, 1.165) is 81.0 Å². The van der Waals surface area contributed by atoms with E-state index in [1.165, 1.54) is 77.5 Å². The SMILES string of the molecule is c1ccc(-c2ccc(-c3nc(-c4ccccc4-c4ccc5c(c4)Oc4ccccc4C54c5ccccc5-c5ccccc54)nc(C45CCC(CC6CC(C6)C4)C5)n3)cc2)cc1. The van der Waals surface area contributed by atoms with Crippen molar-refractivity contribution in [1.82, 2.24) is 15.0 Å². The highest BCUT2D eigenvalue weighted by atomic mass is 16.5. The van der Waals surface area contributed by atoms with Gasteiger partial charge in [0.25, 0.3) is 0 Å². The molecule has 14 rings (SSSR count). The summed E-state index contributed by atoms with van der Waals surface area (Å²) in [5, 5.41) is 0. The average molecular weight is 788 g/mol. The second-order valence-corrected chi connectivity index (χ2v) is 18.5. The van der Waals surface area contributed by atoms with Crippen molar-refractivity contribution in [1.29, 1.82) is 0 Å². The van der Waals surface area contributed by atoms with Crippen molar-refractivity contribution in [3.8, 4) is 67.7 Å². The van der Waals surface area contributed by atoms with Crippen molar-refractivity contribution >= 4 is 0 Å². The van der Waals surface area contributed by atoms with Crippen LogP contribution in [-0.4, -0.2) is 15.0 Å². The van der Waals surface area contributed by atoms with Crippen molar-refractivity contribution in [2.24, 2.45) is 17.8 Å². The lowest BCUT2D eigenvalue weighted by Crippen LogP contribution is -2.37. The van der Waals surface area contributed by atoms with Gasteiger partial charge in [0.15, 0.2) is 11.6 Å². The van der Waals surface area contributed by atoms with Crippen molar-refractivity contribution in [2.75, 3.05) is 0 Å². The van der Waals surface area contributed by atoms with Crippen LogP contribution in [0.2, 0.25) is 0 Å². The molecule has 2 heterocycles. The molecular weight excluding hydrogens is 743 g/mol. The third kappa shape index (κ3) is 5.34. The quantitative estimate of drug-likeness (QED) is 0.174. The lowest BCUT2D eigenvalue weighted by molar-refractivity contribution is 0.0984. The molecule has 4 fully saturated rings. The first-order chi connectivity index (χ1) is 30.1. The molecule has 0 radical (unpaired) electrons. The Labute approximate surface area is 357 Å². The van der Waals surface area contributed by atoms with E-state index < -0.39 is 5.41 Å². The lowest BCUT2D eigenvalue weighted by Gasteiger charge is -2.44. The van der Waals surface area contributed by atoms with Gasteiger partial charge < -0.3 is 4.74 Å². The molecule has 4 bridgehead atoms. The fourth-order valence-corrected chi connectivity index (χ4v) is 12.4. The summed E-state index contributed by atoms with van der Waals surface area (Å²) in [4.78, 5) is 16.4. The molecule has 1 aliphatic heterocycles. The molecule has 4 heteroatoms. The summed E-state index contributed by atoms with van der Waals surface area (Å²) in [6.45, 7) is 0. The van der Waals surface area contributed by atoms with Crippen LogP contribution in [0.25, 0.3) is 56.2 Å². The van der Waals surface area contributed by atoms with Gasteiger partial charge >= 0.3 is 0 Å². The minimum Gasteiger partial charge on any atom is -0.457 e. The zero-order valence-electron chi connectivity index (χ0n) is 34.1. The van der Waals surface area contributed by atoms with Crippen LogP contribution in [0.1, 0.15) is 73.0 Å². The van der Waals surface area contributed by atoms with E-state index in [9.17, 15) is 0 Å². The largest absolute Gasteiger partial charge is 0.457 e. The van der Waals surface area contributed by atoms with E-state index in [1.807, 2.05) is 0 Å². The molecule has 0 N–H and O–H groups in total. The summed E-state index contributed by atoms with van der Waals surface area (Å²) in [7, 11) is 0. The van der Waals surface area contributed by atoms with E-state index in [4.69, 9.17) is 19.7 Å². The van der Waals surface area contributed by atoms with Crippen molar-refractivity contribution in [2.45, 2.75) is 55.8 Å². The second kappa shape index (κ2) is 13.4.